The van der Waals surface area contributed by atoms with Crippen molar-refractivity contribution in [2.75, 3.05) is 26.1 Å². The maximum Gasteiger partial charge on any atom is 0.262 e. The van der Waals surface area contributed by atoms with E-state index in [1.807, 2.05) is 6.07 Å². The van der Waals surface area contributed by atoms with Gasteiger partial charge in [0.05, 0.1) is 19.2 Å². The molecule has 0 atom stereocenters. The molecule has 140 valence electrons. The quantitative estimate of drug-likeness (QED) is 0.669. The van der Waals surface area contributed by atoms with Gasteiger partial charge in [0.25, 0.3) is 5.91 Å². The van der Waals surface area contributed by atoms with Crippen LogP contribution in [0.5, 0.6) is 11.5 Å². The molecule has 2 aromatic carbocycles. The van der Waals surface area contributed by atoms with Crippen LogP contribution in [0.3, 0.4) is 0 Å². The summed E-state index contributed by atoms with van der Waals surface area (Å²) < 4.78 is 15.7. The molecular weight excluding hydrogens is 348 g/mol. The number of rotatable bonds is 7. The van der Waals surface area contributed by atoms with Crippen LogP contribution in [0.25, 0.3) is 10.9 Å². The van der Waals surface area contributed by atoms with Crippen LogP contribution in [0.1, 0.15) is 5.56 Å². The maximum absolute atomic E-state index is 12.2. The summed E-state index contributed by atoms with van der Waals surface area (Å²) in [6, 6.07) is 13.8. The lowest BCUT2D eigenvalue weighted by Crippen LogP contribution is -2.20. The molecule has 2 N–H and O–H groups in total. The number of hydrogen-bond donors (Lipinski definition) is 2. The van der Waals surface area contributed by atoms with Gasteiger partial charge >= 0.3 is 0 Å². The normalized spacial score (nSPS) is 10.6. The second kappa shape index (κ2) is 8.37. The summed E-state index contributed by atoms with van der Waals surface area (Å²) in [5.41, 5.74) is 1.75. The van der Waals surface area contributed by atoms with Crippen molar-refractivity contribution in [2.45, 2.75) is 6.61 Å². The van der Waals surface area contributed by atoms with Crippen LogP contribution in [0.4, 0.5) is 5.69 Å². The van der Waals surface area contributed by atoms with Crippen LogP contribution in [0.15, 0.2) is 53.3 Å². The predicted octanol–water partition coefficient (Wildman–Crippen LogP) is 2.70. The number of anilines is 1. The summed E-state index contributed by atoms with van der Waals surface area (Å²) in [5.74, 6) is 0.877. The van der Waals surface area contributed by atoms with Gasteiger partial charge in [0.2, 0.25) is 5.56 Å². The van der Waals surface area contributed by atoms with Gasteiger partial charge < -0.3 is 24.5 Å². The van der Waals surface area contributed by atoms with Crippen molar-refractivity contribution in [1.82, 2.24) is 4.98 Å². The number of nitrogens with one attached hydrogen (secondary N) is 2. The van der Waals surface area contributed by atoms with E-state index in [1.54, 1.807) is 50.6 Å². The molecule has 0 aliphatic rings. The number of benzene rings is 2. The van der Waals surface area contributed by atoms with Crippen LogP contribution in [-0.2, 0) is 16.1 Å². The molecular formula is C20H20N2O5. The van der Waals surface area contributed by atoms with E-state index in [4.69, 9.17) is 14.2 Å². The Balaban J connectivity index is 1.70. The minimum Gasteiger partial charge on any atom is -0.497 e. The van der Waals surface area contributed by atoms with Gasteiger partial charge in [-0.2, -0.15) is 0 Å². The molecule has 3 rings (SSSR count). The van der Waals surface area contributed by atoms with E-state index in [1.165, 1.54) is 6.07 Å². The van der Waals surface area contributed by atoms with Crippen LogP contribution in [-0.4, -0.2) is 31.7 Å². The summed E-state index contributed by atoms with van der Waals surface area (Å²) >= 11 is 0. The number of pyridine rings is 1. The molecule has 3 aromatic rings. The first-order valence-corrected chi connectivity index (χ1v) is 8.30. The van der Waals surface area contributed by atoms with Gasteiger partial charge in [-0.15, -0.1) is 0 Å². The highest BCUT2D eigenvalue weighted by molar-refractivity contribution is 5.94. The van der Waals surface area contributed by atoms with Crippen LogP contribution in [0.2, 0.25) is 0 Å². The fourth-order valence-corrected chi connectivity index (χ4v) is 2.72. The lowest BCUT2D eigenvalue weighted by Gasteiger charge is -2.10. The van der Waals surface area contributed by atoms with E-state index in [9.17, 15) is 9.59 Å². The molecule has 0 saturated heterocycles. The van der Waals surface area contributed by atoms with Gasteiger partial charge in [0.15, 0.2) is 6.61 Å². The number of hydrogen-bond acceptors (Lipinski definition) is 5. The van der Waals surface area contributed by atoms with Crippen molar-refractivity contribution in [3.8, 4) is 11.5 Å². The van der Waals surface area contributed by atoms with Gasteiger partial charge in [-0.05, 0) is 29.8 Å². The second-order valence-corrected chi connectivity index (χ2v) is 5.87. The molecule has 7 heteroatoms. The summed E-state index contributed by atoms with van der Waals surface area (Å²) in [7, 11) is 3.14. The third-order valence-electron chi connectivity index (χ3n) is 3.92. The molecule has 0 aliphatic carbocycles. The highest BCUT2D eigenvalue weighted by Crippen LogP contribution is 2.21. The van der Waals surface area contributed by atoms with E-state index in [-0.39, 0.29) is 18.1 Å². The molecule has 0 unspecified atom stereocenters. The first-order chi connectivity index (χ1) is 13.1. The van der Waals surface area contributed by atoms with Crippen molar-refractivity contribution in [3.05, 3.63) is 64.4 Å². The molecule has 1 amide bonds. The molecule has 7 nitrogen and oxygen atoms in total. The zero-order valence-corrected chi connectivity index (χ0v) is 15.1. The lowest BCUT2D eigenvalue weighted by molar-refractivity contribution is -0.118. The Bertz CT molecular complexity index is 1010. The average Bonchev–Trinajstić information content (AvgIpc) is 2.66. The molecule has 0 aliphatic heterocycles. The summed E-state index contributed by atoms with van der Waals surface area (Å²) in [5, 5.41) is 3.62. The van der Waals surface area contributed by atoms with Gasteiger partial charge in [0.1, 0.15) is 11.5 Å². The topological polar surface area (TPSA) is 89.7 Å². The summed E-state index contributed by atoms with van der Waals surface area (Å²) in [6.45, 7) is 0.186. The minimum atomic E-state index is -0.312. The second-order valence-electron chi connectivity index (χ2n) is 5.87. The third-order valence-corrected chi connectivity index (χ3v) is 3.92. The number of fused-ring (bicyclic) bond motifs is 1. The van der Waals surface area contributed by atoms with Crippen LogP contribution in [0, 0.1) is 0 Å². The standard InChI is InChI=1S/C20H20N2O5/c1-25-11-13-8-19(23)22-18-9-14(6-7-17(13)18)21-20(24)12-27-16-5-3-4-15(10-16)26-2/h3-10H,11-12H2,1-2H3,(H,21,24)(H,22,23). The van der Waals surface area contributed by atoms with E-state index >= 15 is 0 Å². The SMILES string of the molecule is COCc1cc(=O)[nH]c2cc(NC(=O)COc3cccc(OC)c3)ccc12. The fourth-order valence-electron chi connectivity index (χ4n) is 2.72. The largest absolute Gasteiger partial charge is 0.497 e. The summed E-state index contributed by atoms with van der Waals surface area (Å²) in [6.07, 6.45) is 0. The Morgan fingerprint density at radius 2 is 1.89 bits per heavy atom. The van der Waals surface area contributed by atoms with E-state index in [0.717, 1.165) is 10.9 Å². The Kier molecular flexibility index (Phi) is 5.73. The number of aromatic amines is 1. The number of ether oxygens (including phenoxy) is 3. The van der Waals surface area contributed by atoms with Crippen molar-refractivity contribution < 1.29 is 19.0 Å². The third kappa shape index (κ3) is 4.65. The van der Waals surface area contributed by atoms with Crippen molar-refractivity contribution in [3.63, 3.8) is 0 Å². The average molecular weight is 368 g/mol. The fraction of sp³-hybridized carbons (Fsp3) is 0.200. The molecule has 1 aromatic heterocycles. The number of carbonyl (C=O) groups is 1. The monoisotopic (exact) mass is 368 g/mol. The van der Waals surface area contributed by atoms with Crippen molar-refractivity contribution >= 4 is 22.5 Å². The molecule has 0 saturated carbocycles. The number of carbonyl (C=O) groups excluding carboxylic acids is 1. The Labute approximate surface area is 155 Å². The number of methoxy groups -OCH3 is 2. The van der Waals surface area contributed by atoms with Gasteiger partial charge in [-0.3, -0.25) is 9.59 Å². The summed E-state index contributed by atoms with van der Waals surface area (Å²) in [4.78, 5) is 26.7. The zero-order valence-electron chi connectivity index (χ0n) is 15.1. The van der Waals surface area contributed by atoms with E-state index in [0.29, 0.717) is 29.3 Å². The van der Waals surface area contributed by atoms with Crippen LogP contribution >= 0.6 is 0 Å². The number of amides is 1. The molecule has 1 heterocycles. The maximum atomic E-state index is 12.2. The van der Waals surface area contributed by atoms with Gasteiger partial charge in [-0.25, -0.2) is 0 Å². The number of aromatic nitrogens is 1. The van der Waals surface area contributed by atoms with Crippen LogP contribution < -0.4 is 20.3 Å². The Morgan fingerprint density at radius 3 is 2.67 bits per heavy atom. The first-order valence-electron chi connectivity index (χ1n) is 8.30. The smallest absolute Gasteiger partial charge is 0.262 e. The molecule has 0 fully saturated rings. The molecule has 0 bridgehead atoms. The Hall–Kier alpha value is -3.32. The van der Waals surface area contributed by atoms with Crippen molar-refractivity contribution in [2.24, 2.45) is 0 Å². The number of H-pyrrole nitrogens is 1. The van der Waals surface area contributed by atoms with Gasteiger partial charge in [-0.1, -0.05) is 12.1 Å². The molecule has 27 heavy (non-hydrogen) atoms. The lowest BCUT2D eigenvalue weighted by atomic mass is 10.1. The van der Waals surface area contributed by atoms with E-state index < -0.39 is 0 Å². The minimum absolute atomic E-state index is 0.147. The highest BCUT2D eigenvalue weighted by atomic mass is 16.5. The van der Waals surface area contributed by atoms with Gasteiger partial charge in [0, 0.05) is 30.3 Å². The van der Waals surface area contributed by atoms with Crippen molar-refractivity contribution in [1.29, 1.82) is 0 Å². The van der Waals surface area contributed by atoms with E-state index in [2.05, 4.69) is 10.3 Å². The molecule has 0 radical (unpaired) electrons. The highest BCUT2D eigenvalue weighted by Gasteiger charge is 2.08. The predicted molar refractivity (Wildman–Crippen MR) is 102 cm³/mol. The first kappa shape index (κ1) is 18.5. The zero-order chi connectivity index (χ0) is 19.2. The Morgan fingerprint density at radius 1 is 1.07 bits per heavy atom. The molecule has 0 spiro atoms.